The molecule has 3 aromatic carbocycles. The Bertz CT molecular complexity index is 1400. The Morgan fingerprint density at radius 1 is 1.05 bits per heavy atom. The molecular weight excluding hydrogens is 478 g/mol. The highest BCUT2D eigenvalue weighted by Gasteiger charge is 2.44. The summed E-state index contributed by atoms with van der Waals surface area (Å²) in [7, 11) is 0. The van der Waals surface area contributed by atoms with Crippen molar-refractivity contribution in [1.82, 2.24) is 10.2 Å². The van der Waals surface area contributed by atoms with Crippen molar-refractivity contribution in [2.75, 3.05) is 5.32 Å². The fourth-order valence-corrected chi connectivity index (χ4v) is 4.10. The van der Waals surface area contributed by atoms with Gasteiger partial charge >= 0.3 is 6.03 Å². The van der Waals surface area contributed by atoms with E-state index in [-0.39, 0.29) is 31.4 Å². The van der Waals surface area contributed by atoms with Gasteiger partial charge in [0.1, 0.15) is 17.2 Å². The van der Waals surface area contributed by atoms with Gasteiger partial charge in [-0.2, -0.15) is 5.26 Å². The summed E-state index contributed by atoms with van der Waals surface area (Å²) in [6, 6.07) is 18.5. The first-order valence-electron chi connectivity index (χ1n) is 11.4. The van der Waals surface area contributed by atoms with Crippen molar-refractivity contribution in [3.63, 3.8) is 0 Å². The highest BCUT2D eigenvalue weighted by Crippen LogP contribution is 2.28. The minimum Gasteiger partial charge on any atom is -0.369 e. The number of benzene rings is 3. The maximum Gasteiger partial charge on any atom is 0.319 e. The highest BCUT2D eigenvalue weighted by molar-refractivity contribution is 6.06. The quantitative estimate of drug-likeness (QED) is 0.454. The molecule has 188 valence electrons. The van der Waals surface area contributed by atoms with Crippen LogP contribution in [0.4, 0.5) is 19.3 Å². The molecule has 37 heavy (non-hydrogen) atoms. The fourth-order valence-electron chi connectivity index (χ4n) is 4.10. The van der Waals surface area contributed by atoms with Crippen LogP contribution in [0.3, 0.4) is 0 Å². The number of hydrogen-bond donors (Lipinski definition) is 3. The van der Waals surface area contributed by atoms with Crippen LogP contribution < -0.4 is 16.4 Å². The van der Waals surface area contributed by atoms with Crippen molar-refractivity contribution in [2.24, 2.45) is 10.7 Å². The molecule has 1 aliphatic rings. The molecule has 8 nitrogen and oxygen atoms in total. The molecule has 1 atom stereocenters. The molecule has 0 bridgehead atoms. The van der Waals surface area contributed by atoms with Gasteiger partial charge in [-0.1, -0.05) is 30.3 Å². The second kappa shape index (κ2) is 10.5. The van der Waals surface area contributed by atoms with Crippen LogP contribution in [-0.2, 0) is 24.3 Å². The van der Waals surface area contributed by atoms with Crippen LogP contribution in [-0.4, -0.2) is 28.3 Å². The minimum absolute atomic E-state index is 0.00515. The topological polar surface area (TPSA) is 124 Å². The summed E-state index contributed by atoms with van der Waals surface area (Å²) in [6.45, 7) is 2.02. The Kier molecular flexibility index (Phi) is 7.15. The Hall–Kier alpha value is -4.78. The van der Waals surface area contributed by atoms with Gasteiger partial charge < -0.3 is 16.4 Å². The molecule has 10 heteroatoms. The molecule has 0 aromatic heterocycles. The molecular formula is C27H24F2N6O2. The van der Waals surface area contributed by atoms with Crippen molar-refractivity contribution in [3.05, 3.63) is 101 Å². The standard InChI is InChI=1S/C27H24F2N6O2/c1-27(13-20-9-21(28)12-22(29)10-20)24(36)35(25(31)34-27)16-18-7-5-17(6-8-18)15-32-26(37)33-23-4-2-3-19(11-23)14-30/h2-12H,13,15-16H2,1H3,(H2,31,34)(H2,32,33,37)/t27-/m1/s1. The summed E-state index contributed by atoms with van der Waals surface area (Å²) in [4.78, 5) is 30.9. The number of nitrogens with one attached hydrogen (secondary N) is 2. The van der Waals surface area contributed by atoms with Gasteiger partial charge in [0, 0.05) is 24.7 Å². The normalized spacial score (nSPS) is 16.8. The molecule has 4 N–H and O–H groups in total. The van der Waals surface area contributed by atoms with E-state index in [1.165, 1.54) is 17.0 Å². The molecule has 3 amide bonds. The zero-order chi connectivity index (χ0) is 26.6. The molecule has 0 saturated carbocycles. The fraction of sp³-hybridized carbons (Fsp3) is 0.185. The third-order valence-corrected chi connectivity index (χ3v) is 5.88. The van der Waals surface area contributed by atoms with Gasteiger partial charge in [-0.25, -0.2) is 18.6 Å². The van der Waals surface area contributed by atoms with Crippen LogP contribution in [0.5, 0.6) is 0 Å². The number of amides is 3. The Labute approximate surface area is 212 Å². The number of guanidine groups is 1. The number of anilines is 1. The van der Waals surface area contributed by atoms with E-state index in [2.05, 4.69) is 15.6 Å². The van der Waals surface area contributed by atoms with Crippen LogP contribution in [0.25, 0.3) is 0 Å². The van der Waals surface area contributed by atoms with Gasteiger partial charge in [0.15, 0.2) is 5.96 Å². The second-order valence-corrected chi connectivity index (χ2v) is 8.91. The van der Waals surface area contributed by atoms with Crippen molar-refractivity contribution >= 4 is 23.6 Å². The zero-order valence-electron chi connectivity index (χ0n) is 20.0. The van der Waals surface area contributed by atoms with Crippen molar-refractivity contribution in [2.45, 2.75) is 32.0 Å². The number of halogens is 2. The summed E-state index contributed by atoms with van der Waals surface area (Å²) in [5, 5.41) is 14.4. The number of urea groups is 1. The first-order chi connectivity index (χ1) is 17.6. The number of hydrogen-bond acceptors (Lipinski definition) is 5. The lowest BCUT2D eigenvalue weighted by Crippen LogP contribution is -2.43. The first-order valence-corrected chi connectivity index (χ1v) is 11.4. The lowest BCUT2D eigenvalue weighted by atomic mass is 9.92. The van der Waals surface area contributed by atoms with E-state index in [1.54, 1.807) is 31.2 Å². The van der Waals surface area contributed by atoms with E-state index in [9.17, 15) is 18.4 Å². The summed E-state index contributed by atoms with van der Waals surface area (Å²) in [6.07, 6.45) is 0.00515. The lowest BCUT2D eigenvalue weighted by molar-refractivity contribution is -0.131. The summed E-state index contributed by atoms with van der Waals surface area (Å²) < 4.78 is 27.2. The summed E-state index contributed by atoms with van der Waals surface area (Å²) in [5.41, 5.74) is 7.64. The molecule has 0 spiro atoms. The van der Waals surface area contributed by atoms with E-state index in [0.29, 0.717) is 16.8 Å². The monoisotopic (exact) mass is 502 g/mol. The average molecular weight is 503 g/mol. The molecule has 3 aromatic rings. The molecule has 0 saturated heterocycles. The maximum atomic E-state index is 13.6. The number of carbonyl (C=O) groups is 2. The van der Waals surface area contributed by atoms with Gasteiger partial charge in [0.05, 0.1) is 18.2 Å². The van der Waals surface area contributed by atoms with Gasteiger partial charge in [0.2, 0.25) is 0 Å². The number of nitrogens with two attached hydrogens (primary N) is 1. The van der Waals surface area contributed by atoms with Gasteiger partial charge in [0.25, 0.3) is 5.91 Å². The third kappa shape index (κ3) is 6.08. The van der Waals surface area contributed by atoms with E-state index in [4.69, 9.17) is 11.0 Å². The predicted molar refractivity (Wildman–Crippen MR) is 134 cm³/mol. The van der Waals surface area contributed by atoms with Gasteiger partial charge in [-0.15, -0.1) is 0 Å². The van der Waals surface area contributed by atoms with E-state index < -0.39 is 23.2 Å². The van der Waals surface area contributed by atoms with Gasteiger partial charge in [-0.05, 0) is 53.9 Å². The minimum atomic E-state index is -1.27. The number of carbonyl (C=O) groups excluding carboxylic acids is 2. The van der Waals surface area contributed by atoms with Crippen molar-refractivity contribution in [3.8, 4) is 6.07 Å². The smallest absolute Gasteiger partial charge is 0.319 e. The average Bonchev–Trinajstić information content (AvgIpc) is 3.05. The molecule has 1 heterocycles. The van der Waals surface area contributed by atoms with Crippen LogP contribution >= 0.6 is 0 Å². The molecule has 4 rings (SSSR count). The zero-order valence-corrected chi connectivity index (χ0v) is 20.0. The molecule has 0 fully saturated rings. The number of nitriles is 1. The van der Waals surface area contributed by atoms with E-state index in [1.807, 2.05) is 30.3 Å². The number of aliphatic imine (C=N–C) groups is 1. The van der Waals surface area contributed by atoms with E-state index in [0.717, 1.165) is 17.2 Å². The van der Waals surface area contributed by atoms with Gasteiger partial charge in [-0.3, -0.25) is 9.69 Å². The summed E-state index contributed by atoms with van der Waals surface area (Å²) in [5.74, 6) is -1.78. The van der Waals surface area contributed by atoms with Crippen molar-refractivity contribution < 1.29 is 18.4 Å². The SMILES string of the molecule is C[C@]1(Cc2cc(F)cc(F)c2)N=C(N)N(Cc2ccc(CNC(=O)Nc3cccc(C#N)c3)cc2)C1=O. The van der Waals surface area contributed by atoms with Crippen LogP contribution in [0.2, 0.25) is 0 Å². The first kappa shape index (κ1) is 25.3. The molecule has 0 aliphatic carbocycles. The molecule has 0 unspecified atom stereocenters. The lowest BCUT2D eigenvalue weighted by Gasteiger charge is -2.22. The molecule has 0 radical (unpaired) electrons. The Balaban J connectivity index is 1.33. The van der Waals surface area contributed by atoms with Crippen LogP contribution in [0, 0.1) is 23.0 Å². The third-order valence-electron chi connectivity index (χ3n) is 5.88. The Morgan fingerprint density at radius 2 is 1.73 bits per heavy atom. The van der Waals surface area contributed by atoms with Crippen molar-refractivity contribution in [1.29, 1.82) is 5.26 Å². The Morgan fingerprint density at radius 3 is 2.41 bits per heavy atom. The number of nitrogens with zero attached hydrogens (tertiary/aromatic N) is 3. The predicted octanol–water partition coefficient (Wildman–Crippen LogP) is 3.82. The summed E-state index contributed by atoms with van der Waals surface area (Å²) >= 11 is 0. The second-order valence-electron chi connectivity index (χ2n) is 8.91. The highest BCUT2D eigenvalue weighted by atomic mass is 19.1. The maximum absolute atomic E-state index is 13.6. The van der Waals surface area contributed by atoms with Crippen LogP contribution in [0.15, 0.2) is 71.7 Å². The number of rotatable bonds is 7. The van der Waals surface area contributed by atoms with Crippen LogP contribution in [0.1, 0.15) is 29.2 Å². The largest absolute Gasteiger partial charge is 0.369 e. The van der Waals surface area contributed by atoms with E-state index >= 15 is 0 Å². The molecule has 1 aliphatic heterocycles.